The first-order chi connectivity index (χ1) is 4.46. The summed E-state index contributed by atoms with van der Waals surface area (Å²) < 4.78 is 0. The van der Waals surface area contributed by atoms with E-state index in [2.05, 4.69) is 0 Å². The molecule has 0 unspecified atom stereocenters. The van der Waals surface area contributed by atoms with E-state index in [-0.39, 0.29) is 0 Å². The number of aliphatic carboxylic acids is 2. The van der Waals surface area contributed by atoms with E-state index in [9.17, 15) is 0 Å². The maximum Gasteiger partial charge on any atom is 0.300 e. The minimum atomic E-state index is -0.833. The van der Waals surface area contributed by atoms with Crippen molar-refractivity contribution < 1.29 is 19.8 Å². The van der Waals surface area contributed by atoms with Crippen LogP contribution in [0, 0.1) is 0 Å². The summed E-state index contributed by atoms with van der Waals surface area (Å²) in [5, 5.41) is 14.8. The summed E-state index contributed by atoms with van der Waals surface area (Å²) in [4.78, 5) is 18.0. The number of rotatable bonds is 0. The number of hydrogen-bond acceptors (Lipinski definition) is 2. The Morgan fingerprint density at radius 2 is 0.900 bits per heavy atom. The molecule has 0 saturated carbocycles. The van der Waals surface area contributed by atoms with Crippen LogP contribution in [0.4, 0.5) is 0 Å². The molecule has 2 N–H and O–H groups in total. The lowest BCUT2D eigenvalue weighted by molar-refractivity contribution is -0.135. The molecule has 10 heavy (non-hydrogen) atoms. The molecule has 0 bridgehead atoms. The molecule has 0 fully saturated rings. The molecule has 0 saturated heterocycles. The van der Waals surface area contributed by atoms with Crippen molar-refractivity contribution in [2.75, 3.05) is 0 Å². The van der Waals surface area contributed by atoms with Gasteiger partial charge in [-0.05, 0) is 0 Å². The van der Waals surface area contributed by atoms with Crippen LogP contribution < -0.4 is 0 Å². The quantitative estimate of drug-likeness (QED) is 0.544. The van der Waals surface area contributed by atoms with Gasteiger partial charge in [-0.2, -0.15) is 0 Å². The largest absolute Gasteiger partial charge is 0.481 e. The second-order valence-electron chi connectivity index (χ2n) is 1.04. The average Bonchev–Trinajstić information content (AvgIpc) is 1.66. The van der Waals surface area contributed by atoms with Gasteiger partial charge in [-0.3, -0.25) is 9.59 Å². The van der Waals surface area contributed by atoms with E-state index in [0.717, 1.165) is 13.8 Å². The SMILES string of the molecule is CC.CC(=O)O.CC(=O)O. The third-order valence-electron chi connectivity index (χ3n) is 0. The van der Waals surface area contributed by atoms with E-state index in [1.54, 1.807) is 0 Å². The van der Waals surface area contributed by atoms with Gasteiger partial charge in [-0.25, -0.2) is 0 Å². The lowest BCUT2D eigenvalue weighted by atomic mass is 10.9. The molecule has 0 aromatic rings. The smallest absolute Gasteiger partial charge is 0.300 e. The summed E-state index contributed by atoms with van der Waals surface area (Å²) in [5.41, 5.74) is 0. The van der Waals surface area contributed by atoms with Gasteiger partial charge in [-0.1, -0.05) is 13.8 Å². The van der Waals surface area contributed by atoms with Crippen LogP contribution in [0.3, 0.4) is 0 Å². The highest BCUT2D eigenvalue weighted by Gasteiger charge is 1.65. The van der Waals surface area contributed by atoms with Crippen molar-refractivity contribution in [3.63, 3.8) is 0 Å². The fourth-order valence-corrected chi connectivity index (χ4v) is 0. The monoisotopic (exact) mass is 150 g/mol. The molecular weight excluding hydrogens is 136 g/mol. The molecule has 0 aromatic heterocycles. The summed E-state index contributed by atoms with van der Waals surface area (Å²) in [6.07, 6.45) is 0. The lowest BCUT2D eigenvalue weighted by Gasteiger charge is -1.59. The Morgan fingerprint density at radius 3 is 0.900 bits per heavy atom. The highest BCUT2D eigenvalue weighted by molar-refractivity contribution is 5.63. The Bertz CT molecular complexity index is 67.7. The molecule has 0 amide bonds. The van der Waals surface area contributed by atoms with Crippen LogP contribution in [-0.2, 0) is 9.59 Å². The van der Waals surface area contributed by atoms with Crippen molar-refractivity contribution >= 4 is 11.9 Å². The Labute approximate surface area is 60.5 Å². The predicted molar refractivity (Wildman–Crippen MR) is 38.0 cm³/mol. The van der Waals surface area contributed by atoms with Gasteiger partial charge in [0, 0.05) is 13.8 Å². The van der Waals surface area contributed by atoms with Gasteiger partial charge in [0.15, 0.2) is 0 Å². The van der Waals surface area contributed by atoms with E-state index >= 15 is 0 Å². The molecule has 0 aromatic carbocycles. The third-order valence-corrected chi connectivity index (χ3v) is 0. The van der Waals surface area contributed by atoms with Crippen LogP contribution in [-0.4, -0.2) is 22.2 Å². The van der Waals surface area contributed by atoms with Crippen LogP contribution in [0.25, 0.3) is 0 Å². The second-order valence-corrected chi connectivity index (χ2v) is 1.04. The molecule has 4 nitrogen and oxygen atoms in total. The molecular formula is C6H14O4. The summed E-state index contributed by atoms with van der Waals surface area (Å²) in [6.45, 7) is 6.17. The molecule has 62 valence electrons. The summed E-state index contributed by atoms with van der Waals surface area (Å²) >= 11 is 0. The van der Waals surface area contributed by atoms with E-state index in [1.165, 1.54) is 0 Å². The molecule has 0 aliphatic carbocycles. The second kappa shape index (κ2) is 15.7. The van der Waals surface area contributed by atoms with Crippen LogP contribution in [0.2, 0.25) is 0 Å². The van der Waals surface area contributed by atoms with Gasteiger partial charge in [0.05, 0.1) is 0 Å². The standard InChI is InChI=1S/2C2H4O2.C2H6/c2*1-2(3)4;1-2/h2*1H3,(H,3,4);1-2H3. The van der Waals surface area contributed by atoms with Gasteiger partial charge in [0.1, 0.15) is 0 Å². The molecule has 0 aliphatic heterocycles. The molecule has 0 heterocycles. The first-order valence-corrected chi connectivity index (χ1v) is 2.86. The Hall–Kier alpha value is -1.06. The lowest BCUT2D eigenvalue weighted by Crippen LogP contribution is -1.78. The van der Waals surface area contributed by atoms with Crippen molar-refractivity contribution in [2.24, 2.45) is 0 Å². The Balaban J connectivity index is -0.0000000787. The fraction of sp³-hybridized carbons (Fsp3) is 0.667. The van der Waals surface area contributed by atoms with Crippen LogP contribution in [0.15, 0.2) is 0 Å². The van der Waals surface area contributed by atoms with E-state index in [4.69, 9.17) is 19.8 Å². The van der Waals surface area contributed by atoms with Crippen molar-refractivity contribution in [3.05, 3.63) is 0 Å². The van der Waals surface area contributed by atoms with Crippen molar-refractivity contribution in [3.8, 4) is 0 Å². The van der Waals surface area contributed by atoms with Crippen LogP contribution >= 0.6 is 0 Å². The minimum absolute atomic E-state index is 0.833. The molecule has 0 rings (SSSR count). The molecule has 0 radical (unpaired) electrons. The maximum atomic E-state index is 9.00. The summed E-state index contributed by atoms with van der Waals surface area (Å²) in [6, 6.07) is 0. The molecule has 0 spiro atoms. The normalized spacial score (nSPS) is 5.60. The first-order valence-electron chi connectivity index (χ1n) is 2.86. The molecule has 4 heteroatoms. The number of carboxylic acid groups (broad SMARTS) is 2. The van der Waals surface area contributed by atoms with Gasteiger partial charge >= 0.3 is 0 Å². The van der Waals surface area contributed by atoms with Gasteiger partial charge in [-0.15, -0.1) is 0 Å². The number of hydrogen-bond donors (Lipinski definition) is 2. The fourth-order valence-electron chi connectivity index (χ4n) is 0. The predicted octanol–water partition coefficient (Wildman–Crippen LogP) is 1.21. The van der Waals surface area contributed by atoms with Gasteiger partial charge in [0.2, 0.25) is 0 Å². The highest BCUT2D eigenvalue weighted by Crippen LogP contribution is 1.42. The summed E-state index contributed by atoms with van der Waals surface area (Å²) in [5.74, 6) is -1.67. The summed E-state index contributed by atoms with van der Waals surface area (Å²) in [7, 11) is 0. The van der Waals surface area contributed by atoms with Crippen molar-refractivity contribution in [1.82, 2.24) is 0 Å². The molecule has 0 aliphatic rings. The minimum Gasteiger partial charge on any atom is -0.481 e. The first kappa shape index (κ1) is 16.0. The van der Waals surface area contributed by atoms with E-state index in [0.29, 0.717) is 0 Å². The number of carbonyl (C=O) groups is 2. The van der Waals surface area contributed by atoms with Crippen molar-refractivity contribution in [2.45, 2.75) is 27.7 Å². The van der Waals surface area contributed by atoms with Crippen molar-refractivity contribution in [1.29, 1.82) is 0 Å². The zero-order valence-electron chi connectivity index (χ0n) is 6.71. The van der Waals surface area contributed by atoms with E-state index in [1.807, 2.05) is 13.8 Å². The topological polar surface area (TPSA) is 74.6 Å². The Morgan fingerprint density at radius 1 is 0.900 bits per heavy atom. The zero-order chi connectivity index (χ0) is 9.15. The third kappa shape index (κ3) is 218. The van der Waals surface area contributed by atoms with Crippen LogP contribution in [0.5, 0.6) is 0 Å². The zero-order valence-corrected chi connectivity index (χ0v) is 6.71. The number of carboxylic acids is 2. The Kier molecular flexibility index (Phi) is 25.0. The van der Waals surface area contributed by atoms with Gasteiger partial charge in [0.25, 0.3) is 11.9 Å². The van der Waals surface area contributed by atoms with Crippen LogP contribution in [0.1, 0.15) is 27.7 Å². The highest BCUT2D eigenvalue weighted by atomic mass is 16.4. The molecule has 0 atom stereocenters. The van der Waals surface area contributed by atoms with E-state index < -0.39 is 11.9 Å². The van der Waals surface area contributed by atoms with Gasteiger partial charge < -0.3 is 10.2 Å². The maximum absolute atomic E-state index is 9.00. The average molecular weight is 150 g/mol.